The van der Waals surface area contributed by atoms with Crippen LogP contribution in [0.15, 0.2) is 78.9 Å². The number of carbonyl (C=O) groups is 2. The zero-order chi connectivity index (χ0) is 26.7. The largest absolute Gasteiger partial charge is 0.352 e. The summed E-state index contributed by atoms with van der Waals surface area (Å²) < 4.78 is 0. The van der Waals surface area contributed by atoms with Crippen molar-refractivity contribution in [2.24, 2.45) is 0 Å². The molecule has 0 aromatic heterocycles. The van der Waals surface area contributed by atoms with Gasteiger partial charge in [-0.3, -0.25) is 9.59 Å². The van der Waals surface area contributed by atoms with Crippen LogP contribution in [-0.4, -0.2) is 34.6 Å². The van der Waals surface area contributed by atoms with Gasteiger partial charge in [0.1, 0.15) is 6.04 Å². The molecule has 0 bridgehead atoms. The Hall–Kier alpha value is -2.76. The highest BCUT2D eigenvalue weighted by Crippen LogP contribution is 2.22. The average molecular weight is 549 g/mol. The predicted octanol–water partition coefficient (Wildman–Crippen LogP) is 6.97. The van der Waals surface area contributed by atoms with E-state index in [0.29, 0.717) is 29.5 Å². The van der Waals surface area contributed by atoms with Crippen LogP contribution in [0.25, 0.3) is 0 Å². The molecule has 1 N–H and O–H groups in total. The molecule has 0 heterocycles. The maximum Gasteiger partial charge on any atom is 0.243 e. The molecule has 0 spiro atoms. The summed E-state index contributed by atoms with van der Waals surface area (Å²) in [5.74, 6) is 0.937. The van der Waals surface area contributed by atoms with Crippen LogP contribution in [0, 0.1) is 6.92 Å². The number of aryl methyl sites for hydroxylation is 1. The molecule has 0 radical (unpaired) electrons. The van der Waals surface area contributed by atoms with Crippen molar-refractivity contribution in [3.05, 3.63) is 106 Å². The Balaban J connectivity index is 1.56. The molecule has 200 valence electrons. The number of thioether (sulfide) groups is 1. The summed E-state index contributed by atoms with van der Waals surface area (Å²) in [7, 11) is 0. The summed E-state index contributed by atoms with van der Waals surface area (Å²) in [5.41, 5.74) is 4.35. The minimum atomic E-state index is -0.581. The van der Waals surface area contributed by atoms with Crippen molar-refractivity contribution in [3.8, 4) is 0 Å². The second kappa shape index (κ2) is 14.4. The van der Waals surface area contributed by atoms with Gasteiger partial charge >= 0.3 is 0 Å². The lowest BCUT2D eigenvalue weighted by atomic mass is 9.94. The van der Waals surface area contributed by atoms with Crippen LogP contribution in [0.2, 0.25) is 5.02 Å². The van der Waals surface area contributed by atoms with Gasteiger partial charge in [0.2, 0.25) is 11.8 Å². The van der Waals surface area contributed by atoms with Gasteiger partial charge < -0.3 is 10.2 Å². The van der Waals surface area contributed by atoms with Crippen molar-refractivity contribution >= 4 is 35.2 Å². The zero-order valence-corrected chi connectivity index (χ0v) is 23.6. The van der Waals surface area contributed by atoms with Gasteiger partial charge in [0, 0.05) is 29.8 Å². The molecule has 38 heavy (non-hydrogen) atoms. The van der Waals surface area contributed by atoms with Crippen LogP contribution in [0.4, 0.5) is 0 Å². The molecule has 3 aromatic carbocycles. The SMILES string of the molecule is Cc1ccccc1CN(C(=O)CSCc1ccc(Cl)cc1)C(Cc1ccccc1)C(=O)NC1CCCCC1. The molecule has 1 aliphatic carbocycles. The van der Waals surface area contributed by atoms with E-state index in [1.54, 1.807) is 11.8 Å². The van der Waals surface area contributed by atoms with Gasteiger partial charge in [0.15, 0.2) is 0 Å². The smallest absolute Gasteiger partial charge is 0.243 e. The maximum absolute atomic E-state index is 13.8. The van der Waals surface area contributed by atoms with E-state index in [4.69, 9.17) is 11.6 Å². The lowest BCUT2D eigenvalue weighted by Crippen LogP contribution is -2.53. The Morgan fingerprint density at radius 2 is 1.61 bits per heavy atom. The number of carbonyl (C=O) groups excluding carboxylic acids is 2. The molecule has 1 aliphatic rings. The molecule has 1 saturated carbocycles. The normalized spacial score (nSPS) is 14.6. The summed E-state index contributed by atoms with van der Waals surface area (Å²) in [5, 5.41) is 4.01. The van der Waals surface area contributed by atoms with Gasteiger partial charge in [-0.15, -0.1) is 11.8 Å². The predicted molar refractivity (Wildman–Crippen MR) is 158 cm³/mol. The lowest BCUT2D eigenvalue weighted by molar-refractivity contribution is -0.139. The van der Waals surface area contributed by atoms with Crippen LogP contribution in [0.5, 0.6) is 0 Å². The Morgan fingerprint density at radius 3 is 2.32 bits per heavy atom. The summed E-state index contributed by atoms with van der Waals surface area (Å²) in [6.45, 7) is 2.46. The van der Waals surface area contributed by atoms with Crippen LogP contribution in [0.1, 0.15) is 54.4 Å². The van der Waals surface area contributed by atoms with Crippen LogP contribution < -0.4 is 5.32 Å². The highest BCUT2D eigenvalue weighted by molar-refractivity contribution is 7.99. The number of nitrogens with one attached hydrogen (secondary N) is 1. The maximum atomic E-state index is 13.8. The highest BCUT2D eigenvalue weighted by Gasteiger charge is 2.32. The highest BCUT2D eigenvalue weighted by atomic mass is 35.5. The van der Waals surface area contributed by atoms with Crippen molar-refractivity contribution < 1.29 is 9.59 Å². The fourth-order valence-corrected chi connectivity index (χ4v) is 5.99. The standard InChI is InChI=1S/C32H37ClN2O2S/c1-24-10-8-9-13-27(24)21-35(31(36)23-38-22-26-16-18-28(33)19-17-26)30(20-25-11-4-2-5-12-25)32(37)34-29-14-6-3-7-15-29/h2,4-5,8-13,16-19,29-30H,3,6-7,14-15,20-23H2,1H3,(H,34,37). The van der Waals surface area contributed by atoms with E-state index in [9.17, 15) is 9.59 Å². The van der Waals surface area contributed by atoms with E-state index in [2.05, 4.69) is 24.4 Å². The average Bonchev–Trinajstić information content (AvgIpc) is 2.93. The molecular formula is C32H37ClN2O2S. The molecule has 3 aromatic rings. The number of rotatable bonds is 11. The number of halogens is 1. The first-order valence-electron chi connectivity index (χ1n) is 13.5. The topological polar surface area (TPSA) is 49.4 Å². The van der Waals surface area contributed by atoms with E-state index < -0.39 is 6.04 Å². The van der Waals surface area contributed by atoms with E-state index in [0.717, 1.165) is 47.9 Å². The summed E-state index contributed by atoms with van der Waals surface area (Å²) >= 11 is 7.59. The van der Waals surface area contributed by atoms with Gasteiger partial charge in [-0.1, -0.05) is 97.6 Å². The van der Waals surface area contributed by atoms with Gasteiger partial charge in [0.05, 0.1) is 5.75 Å². The number of amides is 2. The zero-order valence-electron chi connectivity index (χ0n) is 22.1. The number of hydrogen-bond acceptors (Lipinski definition) is 3. The first kappa shape index (κ1) is 28.3. The van der Waals surface area contributed by atoms with E-state index in [1.807, 2.05) is 71.6 Å². The number of benzene rings is 3. The van der Waals surface area contributed by atoms with Crippen molar-refractivity contribution in [1.82, 2.24) is 10.2 Å². The van der Waals surface area contributed by atoms with Crippen molar-refractivity contribution in [3.63, 3.8) is 0 Å². The summed E-state index contributed by atoms with van der Waals surface area (Å²) in [4.78, 5) is 29.5. The second-order valence-electron chi connectivity index (χ2n) is 10.1. The van der Waals surface area contributed by atoms with Crippen molar-refractivity contribution in [1.29, 1.82) is 0 Å². The van der Waals surface area contributed by atoms with Gasteiger partial charge in [-0.2, -0.15) is 0 Å². The third-order valence-corrected chi connectivity index (χ3v) is 8.47. The van der Waals surface area contributed by atoms with Crippen molar-refractivity contribution in [2.45, 2.75) is 69.8 Å². The van der Waals surface area contributed by atoms with E-state index in [1.165, 1.54) is 6.42 Å². The molecule has 4 rings (SSSR count). The van der Waals surface area contributed by atoms with Crippen LogP contribution in [0.3, 0.4) is 0 Å². The van der Waals surface area contributed by atoms with Gasteiger partial charge in [-0.25, -0.2) is 0 Å². The fourth-order valence-electron chi connectivity index (χ4n) is 4.99. The molecule has 0 aliphatic heterocycles. The second-order valence-corrected chi connectivity index (χ2v) is 11.5. The lowest BCUT2D eigenvalue weighted by Gasteiger charge is -2.34. The third kappa shape index (κ3) is 8.37. The number of nitrogens with zero attached hydrogens (tertiary/aromatic N) is 1. The molecule has 2 amide bonds. The Morgan fingerprint density at radius 1 is 0.921 bits per heavy atom. The Kier molecular flexibility index (Phi) is 10.7. The molecule has 0 saturated heterocycles. The van der Waals surface area contributed by atoms with E-state index >= 15 is 0 Å². The van der Waals surface area contributed by atoms with Crippen LogP contribution >= 0.6 is 23.4 Å². The summed E-state index contributed by atoms with van der Waals surface area (Å²) in [6.07, 6.45) is 6.00. The Bertz CT molecular complexity index is 1180. The molecule has 1 fully saturated rings. The third-order valence-electron chi connectivity index (χ3n) is 7.23. The molecule has 4 nitrogen and oxygen atoms in total. The molecule has 1 atom stereocenters. The molecule has 1 unspecified atom stereocenters. The fraction of sp³-hybridized carbons (Fsp3) is 0.375. The first-order chi connectivity index (χ1) is 18.5. The minimum absolute atomic E-state index is 0.0214. The minimum Gasteiger partial charge on any atom is -0.352 e. The Labute approximate surface area is 236 Å². The molecule has 6 heteroatoms. The first-order valence-corrected chi connectivity index (χ1v) is 15.0. The monoisotopic (exact) mass is 548 g/mol. The molecular weight excluding hydrogens is 512 g/mol. The quantitative estimate of drug-likeness (QED) is 0.281. The summed E-state index contributed by atoms with van der Waals surface area (Å²) in [6, 6.07) is 25.4. The number of hydrogen-bond donors (Lipinski definition) is 1. The van der Waals surface area contributed by atoms with Gasteiger partial charge in [0.25, 0.3) is 0 Å². The van der Waals surface area contributed by atoms with E-state index in [-0.39, 0.29) is 17.9 Å². The van der Waals surface area contributed by atoms with Crippen molar-refractivity contribution in [2.75, 3.05) is 5.75 Å². The van der Waals surface area contributed by atoms with Gasteiger partial charge in [-0.05, 0) is 54.2 Å². The van der Waals surface area contributed by atoms with Crippen LogP contribution in [-0.2, 0) is 28.3 Å².